The van der Waals surface area contributed by atoms with Gasteiger partial charge in [-0.2, -0.15) is 0 Å². The summed E-state index contributed by atoms with van der Waals surface area (Å²) in [7, 11) is 0. The summed E-state index contributed by atoms with van der Waals surface area (Å²) < 4.78 is 2.84. The lowest BCUT2D eigenvalue weighted by molar-refractivity contribution is -0.384. The number of thiazole rings is 1. The lowest BCUT2D eigenvalue weighted by atomic mass is 10.3. The van der Waals surface area contributed by atoms with Gasteiger partial charge in [0.15, 0.2) is 5.13 Å². The average molecular weight is 303 g/mol. The van der Waals surface area contributed by atoms with Gasteiger partial charge in [0, 0.05) is 37.6 Å². The van der Waals surface area contributed by atoms with Crippen molar-refractivity contribution < 1.29 is 4.92 Å². The van der Waals surface area contributed by atoms with Crippen LogP contribution in [-0.4, -0.2) is 26.0 Å². The summed E-state index contributed by atoms with van der Waals surface area (Å²) in [6.07, 6.45) is 6.42. The van der Waals surface area contributed by atoms with E-state index in [2.05, 4.69) is 15.3 Å². The molecule has 7 nitrogen and oxygen atoms in total. The Hall–Kier alpha value is -2.48. The predicted octanol–water partition coefficient (Wildman–Crippen LogP) is 2.90. The highest BCUT2D eigenvalue weighted by molar-refractivity contribution is 7.22. The van der Waals surface area contributed by atoms with Crippen molar-refractivity contribution in [1.29, 1.82) is 0 Å². The minimum atomic E-state index is -0.391. The van der Waals surface area contributed by atoms with Crippen LogP contribution in [-0.2, 0) is 6.54 Å². The van der Waals surface area contributed by atoms with Crippen molar-refractivity contribution in [2.45, 2.75) is 13.0 Å². The second kappa shape index (κ2) is 5.88. The average Bonchev–Trinajstić information content (AvgIpc) is 3.11. The van der Waals surface area contributed by atoms with Gasteiger partial charge in [0.25, 0.3) is 5.69 Å². The van der Waals surface area contributed by atoms with E-state index in [0.717, 1.165) is 34.9 Å². The molecule has 0 amide bonds. The molecule has 0 aliphatic carbocycles. The Labute approximate surface area is 124 Å². The van der Waals surface area contributed by atoms with Crippen LogP contribution in [0.15, 0.2) is 36.9 Å². The summed E-state index contributed by atoms with van der Waals surface area (Å²) in [5.41, 5.74) is 0.875. The number of nitro benzene ring substituents is 1. The van der Waals surface area contributed by atoms with Crippen molar-refractivity contribution in [3.8, 4) is 0 Å². The molecule has 0 bridgehead atoms. The summed E-state index contributed by atoms with van der Waals surface area (Å²) in [4.78, 5) is 18.8. The third-order valence-electron chi connectivity index (χ3n) is 3.01. The van der Waals surface area contributed by atoms with Crippen LogP contribution in [0.2, 0.25) is 0 Å². The number of fused-ring (bicyclic) bond motifs is 1. The third-order valence-corrected chi connectivity index (χ3v) is 3.99. The molecule has 2 aromatic heterocycles. The number of hydrogen-bond donors (Lipinski definition) is 1. The number of non-ortho nitro benzene ring substituents is 1. The number of nitrogens with one attached hydrogen (secondary N) is 1. The van der Waals surface area contributed by atoms with Crippen molar-refractivity contribution in [3.05, 3.63) is 47.0 Å². The molecule has 1 N–H and O–H groups in total. The maximum atomic E-state index is 10.7. The summed E-state index contributed by atoms with van der Waals surface area (Å²) in [5, 5.41) is 14.8. The van der Waals surface area contributed by atoms with Crippen molar-refractivity contribution in [1.82, 2.24) is 14.5 Å². The number of aryl methyl sites for hydroxylation is 1. The van der Waals surface area contributed by atoms with Gasteiger partial charge in [-0.1, -0.05) is 11.3 Å². The molecule has 0 saturated heterocycles. The van der Waals surface area contributed by atoms with E-state index in [1.807, 2.05) is 10.8 Å². The van der Waals surface area contributed by atoms with E-state index in [1.165, 1.54) is 17.4 Å². The quantitative estimate of drug-likeness (QED) is 0.430. The van der Waals surface area contributed by atoms with Crippen molar-refractivity contribution in [2.24, 2.45) is 0 Å². The van der Waals surface area contributed by atoms with Crippen LogP contribution in [0, 0.1) is 10.1 Å². The fourth-order valence-electron chi connectivity index (χ4n) is 1.98. The van der Waals surface area contributed by atoms with Crippen LogP contribution in [0.25, 0.3) is 10.2 Å². The van der Waals surface area contributed by atoms with Gasteiger partial charge >= 0.3 is 0 Å². The fourth-order valence-corrected chi connectivity index (χ4v) is 2.90. The first kappa shape index (κ1) is 13.5. The Kier molecular flexibility index (Phi) is 3.78. The van der Waals surface area contributed by atoms with Crippen LogP contribution >= 0.6 is 11.3 Å². The Morgan fingerprint density at radius 3 is 3.10 bits per heavy atom. The highest BCUT2D eigenvalue weighted by atomic mass is 32.1. The number of aromatic nitrogens is 3. The summed E-state index contributed by atoms with van der Waals surface area (Å²) >= 11 is 1.43. The summed E-state index contributed by atoms with van der Waals surface area (Å²) in [6.45, 7) is 1.68. The van der Waals surface area contributed by atoms with Crippen molar-refractivity contribution in [2.75, 3.05) is 11.9 Å². The zero-order valence-electron chi connectivity index (χ0n) is 11.1. The van der Waals surface area contributed by atoms with Crippen LogP contribution < -0.4 is 5.32 Å². The standard InChI is InChI=1S/C13H13N5O2S/c19-18(20)10-2-3-11-12(8-10)21-13(16-11)15-4-1-6-17-7-5-14-9-17/h2-3,5,7-9H,1,4,6H2,(H,15,16). The first-order valence-corrected chi connectivity index (χ1v) is 7.28. The molecule has 108 valence electrons. The molecule has 0 fully saturated rings. The first-order valence-electron chi connectivity index (χ1n) is 6.47. The highest BCUT2D eigenvalue weighted by Crippen LogP contribution is 2.28. The summed E-state index contributed by atoms with van der Waals surface area (Å²) in [6, 6.07) is 4.72. The SMILES string of the molecule is O=[N+]([O-])c1ccc2nc(NCCCn3ccnc3)sc2c1. The number of anilines is 1. The number of rotatable bonds is 6. The van der Waals surface area contributed by atoms with E-state index >= 15 is 0 Å². The molecule has 0 spiro atoms. The van der Waals surface area contributed by atoms with Crippen molar-refractivity contribution in [3.63, 3.8) is 0 Å². The number of benzene rings is 1. The molecule has 0 aliphatic rings. The van der Waals surface area contributed by atoms with E-state index in [-0.39, 0.29) is 5.69 Å². The topological polar surface area (TPSA) is 85.9 Å². The maximum absolute atomic E-state index is 10.7. The lowest BCUT2D eigenvalue weighted by Gasteiger charge is -2.02. The number of nitrogens with zero attached hydrogens (tertiary/aromatic N) is 4. The van der Waals surface area contributed by atoms with Gasteiger partial charge < -0.3 is 9.88 Å². The number of nitro groups is 1. The fraction of sp³-hybridized carbons (Fsp3) is 0.231. The van der Waals surface area contributed by atoms with E-state index < -0.39 is 4.92 Å². The molecule has 1 aromatic carbocycles. The highest BCUT2D eigenvalue weighted by Gasteiger charge is 2.09. The molecule has 8 heteroatoms. The lowest BCUT2D eigenvalue weighted by Crippen LogP contribution is -2.05. The minimum Gasteiger partial charge on any atom is -0.361 e. The summed E-state index contributed by atoms with van der Waals surface area (Å²) in [5.74, 6) is 0. The molecule has 2 heterocycles. The van der Waals surface area contributed by atoms with Gasteiger partial charge in [-0.25, -0.2) is 9.97 Å². The predicted molar refractivity (Wildman–Crippen MR) is 81.6 cm³/mol. The molecule has 0 unspecified atom stereocenters. The Bertz CT molecular complexity index is 753. The van der Waals surface area contributed by atoms with E-state index in [0.29, 0.717) is 0 Å². The Morgan fingerprint density at radius 1 is 1.43 bits per heavy atom. The van der Waals surface area contributed by atoms with Gasteiger partial charge in [-0.3, -0.25) is 10.1 Å². The van der Waals surface area contributed by atoms with Gasteiger partial charge in [0.1, 0.15) is 0 Å². The van der Waals surface area contributed by atoms with Gasteiger partial charge in [-0.05, 0) is 12.5 Å². The van der Waals surface area contributed by atoms with E-state index in [9.17, 15) is 10.1 Å². The normalized spacial score (nSPS) is 10.9. The molecule has 3 rings (SSSR count). The van der Waals surface area contributed by atoms with E-state index in [1.54, 1.807) is 24.7 Å². The maximum Gasteiger partial charge on any atom is 0.270 e. The number of hydrogen-bond acceptors (Lipinski definition) is 6. The monoisotopic (exact) mass is 303 g/mol. The van der Waals surface area contributed by atoms with Gasteiger partial charge in [0.05, 0.1) is 21.5 Å². The van der Waals surface area contributed by atoms with Gasteiger partial charge in [-0.15, -0.1) is 0 Å². The van der Waals surface area contributed by atoms with Crippen LogP contribution in [0.3, 0.4) is 0 Å². The Balaban J connectivity index is 1.60. The molecule has 0 aliphatic heterocycles. The van der Waals surface area contributed by atoms with E-state index in [4.69, 9.17) is 0 Å². The van der Waals surface area contributed by atoms with Gasteiger partial charge in [0.2, 0.25) is 0 Å². The first-order chi connectivity index (χ1) is 10.2. The Morgan fingerprint density at radius 2 is 2.33 bits per heavy atom. The smallest absolute Gasteiger partial charge is 0.270 e. The molecule has 0 radical (unpaired) electrons. The second-order valence-corrected chi connectivity index (χ2v) is 5.54. The molecular formula is C13H13N5O2S. The molecule has 0 atom stereocenters. The molecule has 0 saturated carbocycles. The largest absolute Gasteiger partial charge is 0.361 e. The van der Waals surface area contributed by atoms with Crippen LogP contribution in [0.5, 0.6) is 0 Å². The minimum absolute atomic E-state index is 0.0952. The zero-order chi connectivity index (χ0) is 14.7. The zero-order valence-corrected chi connectivity index (χ0v) is 11.9. The van der Waals surface area contributed by atoms with Crippen LogP contribution in [0.4, 0.5) is 10.8 Å². The van der Waals surface area contributed by atoms with Crippen LogP contribution in [0.1, 0.15) is 6.42 Å². The molecule has 3 aromatic rings. The third kappa shape index (κ3) is 3.16. The second-order valence-electron chi connectivity index (χ2n) is 4.51. The number of imidazole rings is 1. The van der Waals surface area contributed by atoms with Crippen molar-refractivity contribution >= 4 is 32.4 Å². The molecule has 21 heavy (non-hydrogen) atoms. The molecular weight excluding hydrogens is 290 g/mol.